The Morgan fingerprint density at radius 2 is 1.67 bits per heavy atom. The van der Waals surface area contributed by atoms with Crippen LogP contribution in [0.2, 0.25) is 5.02 Å². The van der Waals surface area contributed by atoms with Crippen LogP contribution >= 0.6 is 11.6 Å². The molecule has 0 spiro atoms. The first-order chi connectivity index (χ1) is 11.4. The molecule has 2 aromatic carbocycles. The highest BCUT2D eigenvalue weighted by Gasteiger charge is 2.27. The van der Waals surface area contributed by atoms with E-state index in [-0.39, 0.29) is 16.8 Å². The van der Waals surface area contributed by atoms with Gasteiger partial charge in [0.15, 0.2) is 0 Å². The Morgan fingerprint density at radius 1 is 1.08 bits per heavy atom. The molecule has 1 unspecified atom stereocenters. The molecular formula is C16H12ClNO6. The van der Waals surface area contributed by atoms with E-state index in [2.05, 4.69) is 4.74 Å². The summed E-state index contributed by atoms with van der Waals surface area (Å²) in [5.41, 5.74) is 0.316. The summed E-state index contributed by atoms with van der Waals surface area (Å²) >= 11 is 5.75. The number of halogens is 1. The molecule has 0 aliphatic heterocycles. The summed E-state index contributed by atoms with van der Waals surface area (Å²) in [6.07, 6.45) is -1.33. The Kier molecular flexibility index (Phi) is 5.49. The highest BCUT2D eigenvalue weighted by molar-refractivity contribution is 6.30. The topological polar surface area (TPSA) is 95.7 Å². The predicted octanol–water partition coefficient (Wildman–Crippen LogP) is 3.32. The molecule has 2 rings (SSSR count). The monoisotopic (exact) mass is 349 g/mol. The number of nitro benzene ring substituents is 1. The molecule has 7 nitrogen and oxygen atoms in total. The number of non-ortho nitro benzene ring substituents is 1. The van der Waals surface area contributed by atoms with E-state index in [0.29, 0.717) is 5.02 Å². The van der Waals surface area contributed by atoms with Crippen molar-refractivity contribution in [3.63, 3.8) is 0 Å². The maximum atomic E-state index is 12.2. The lowest BCUT2D eigenvalue weighted by Crippen LogP contribution is -2.21. The lowest BCUT2D eigenvalue weighted by molar-refractivity contribution is -0.384. The van der Waals surface area contributed by atoms with Gasteiger partial charge in [-0.05, 0) is 36.4 Å². The van der Waals surface area contributed by atoms with Gasteiger partial charge < -0.3 is 9.47 Å². The van der Waals surface area contributed by atoms with Crippen molar-refractivity contribution in [3.05, 3.63) is 74.8 Å². The summed E-state index contributed by atoms with van der Waals surface area (Å²) in [5, 5.41) is 11.1. The number of hydrogen-bond acceptors (Lipinski definition) is 6. The van der Waals surface area contributed by atoms with E-state index in [4.69, 9.17) is 16.3 Å². The SMILES string of the molecule is COC(=O)C(OC(=O)c1ccc(Cl)cc1)c1ccc([N+](=O)[O-])cc1. The quantitative estimate of drug-likeness (QED) is 0.466. The molecule has 0 bridgehead atoms. The van der Waals surface area contributed by atoms with Crippen molar-refractivity contribution in [2.75, 3.05) is 7.11 Å². The van der Waals surface area contributed by atoms with Gasteiger partial charge in [-0.2, -0.15) is 0 Å². The van der Waals surface area contributed by atoms with Gasteiger partial charge in [0, 0.05) is 22.7 Å². The minimum Gasteiger partial charge on any atom is -0.466 e. The number of ether oxygens (including phenoxy) is 2. The second-order valence-electron chi connectivity index (χ2n) is 4.66. The normalized spacial score (nSPS) is 11.4. The van der Waals surface area contributed by atoms with Gasteiger partial charge in [0.1, 0.15) is 0 Å². The highest BCUT2D eigenvalue weighted by atomic mass is 35.5. The van der Waals surface area contributed by atoms with E-state index in [1.807, 2.05) is 0 Å². The third kappa shape index (κ3) is 4.08. The van der Waals surface area contributed by atoms with Crippen molar-refractivity contribution < 1.29 is 24.0 Å². The van der Waals surface area contributed by atoms with Gasteiger partial charge in [-0.15, -0.1) is 0 Å². The number of nitro groups is 1. The number of rotatable bonds is 5. The van der Waals surface area contributed by atoms with Crippen molar-refractivity contribution in [2.45, 2.75) is 6.10 Å². The van der Waals surface area contributed by atoms with Crippen molar-refractivity contribution >= 4 is 29.2 Å². The van der Waals surface area contributed by atoms with Crippen LogP contribution in [0.1, 0.15) is 22.0 Å². The number of esters is 2. The number of carbonyl (C=O) groups excluding carboxylic acids is 2. The van der Waals surface area contributed by atoms with E-state index in [0.717, 1.165) is 7.11 Å². The zero-order valence-electron chi connectivity index (χ0n) is 12.5. The predicted molar refractivity (Wildman–Crippen MR) is 84.7 cm³/mol. The standard InChI is InChI=1S/C16H12ClNO6/c1-23-16(20)14(10-4-8-13(9-5-10)18(21)22)24-15(19)11-2-6-12(17)7-3-11/h2-9,14H,1H3. The lowest BCUT2D eigenvalue weighted by Gasteiger charge is -2.16. The first-order valence-corrected chi connectivity index (χ1v) is 7.09. The van der Waals surface area contributed by atoms with Crippen LogP contribution in [0, 0.1) is 10.1 Å². The summed E-state index contributed by atoms with van der Waals surface area (Å²) in [4.78, 5) is 34.2. The van der Waals surface area contributed by atoms with Crippen LogP contribution in [-0.4, -0.2) is 24.0 Å². The summed E-state index contributed by atoms with van der Waals surface area (Å²) in [5.74, 6) is -1.55. The second kappa shape index (κ2) is 7.56. The molecule has 0 aliphatic rings. The molecule has 0 fully saturated rings. The lowest BCUT2D eigenvalue weighted by atomic mass is 10.1. The molecule has 0 N–H and O–H groups in total. The van der Waals surface area contributed by atoms with Gasteiger partial charge in [-0.25, -0.2) is 9.59 Å². The molecule has 0 saturated heterocycles. The van der Waals surface area contributed by atoms with Crippen LogP contribution in [0.5, 0.6) is 0 Å². The number of carbonyl (C=O) groups is 2. The van der Waals surface area contributed by atoms with E-state index < -0.39 is 23.0 Å². The molecular weight excluding hydrogens is 338 g/mol. The Morgan fingerprint density at radius 3 is 2.17 bits per heavy atom. The largest absolute Gasteiger partial charge is 0.466 e. The average Bonchev–Trinajstić information content (AvgIpc) is 2.59. The first-order valence-electron chi connectivity index (χ1n) is 6.71. The molecule has 0 aliphatic carbocycles. The molecule has 0 aromatic heterocycles. The molecule has 2 aromatic rings. The Hall–Kier alpha value is -2.93. The molecule has 0 heterocycles. The molecule has 0 radical (unpaired) electrons. The van der Waals surface area contributed by atoms with Gasteiger partial charge in [0.25, 0.3) is 5.69 Å². The smallest absolute Gasteiger partial charge is 0.351 e. The van der Waals surface area contributed by atoms with Crippen LogP contribution in [0.3, 0.4) is 0 Å². The first kappa shape index (κ1) is 17.4. The van der Waals surface area contributed by atoms with Crippen LogP contribution in [-0.2, 0) is 14.3 Å². The fourth-order valence-corrected chi connectivity index (χ4v) is 2.02. The summed E-state index contributed by atoms with van der Waals surface area (Å²) in [6.45, 7) is 0. The molecule has 24 heavy (non-hydrogen) atoms. The third-order valence-electron chi connectivity index (χ3n) is 3.13. The highest BCUT2D eigenvalue weighted by Crippen LogP contribution is 2.23. The fraction of sp³-hybridized carbons (Fsp3) is 0.125. The Bertz CT molecular complexity index is 757. The van der Waals surface area contributed by atoms with Crippen molar-refractivity contribution in [2.24, 2.45) is 0 Å². The number of nitrogens with zero attached hydrogens (tertiary/aromatic N) is 1. The molecule has 0 saturated carbocycles. The van der Waals surface area contributed by atoms with Gasteiger partial charge in [0.2, 0.25) is 6.10 Å². The van der Waals surface area contributed by atoms with Crippen LogP contribution in [0.25, 0.3) is 0 Å². The van der Waals surface area contributed by atoms with Crippen molar-refractivity contribution in [1.29, 1.82) is 0 Å². The second-order valence-corrected chi connectivity index (χ2v) is 5.10. The minimum atomic E-state index is -1.33. The van der Waals surface area contributed by atoms with Gasteiger partial charge in [-0.3, -0.25) is 10.1 Å². The van der Waals surface area contributed by atoms with E-state index >= 15 is 0 Å². The number of benzene rings is 2. The van der Waals surface area contributed by atoms with Gasteiger partial charge >= 0.3 is 11.9 Å². The van der Waals surface area contributed by atoms with E-state index in [9.17, 15) is 19.7 Å². The minimum absolute atomic E-state index is 0.147. The Labute approximate surface area is 141 Å². The number of methoxy groups -OCH3 is 1. The third-order valence-corrected chi connectivity index (χ3v) is 3.38. The molecule has 0 amide bonds. The summed E-state index contributed by atoms with van der Waals surface area (Å²) < 4.78 is 9.82. The zero-order chi connectivity index (χ0) is 17.7. The van der Waals surface area contributed by atoms with Gasteiger partial charge in [0.05, 0.1) is 17.6 Å². The van der Waals surface area contributed by atoms with E-state index in [1.54, 1.807) is 0 Å². The summed E-state index contributed by atoms with van der Waals surface area (Å²) in [6, 6.07) is 11.0. The van der Waals surface area contributed by atoms with Crippen LogP contribution in [0.4, 0.5) is 5.69 Å². The fourth-order valence-electron chi connectivity index (χ4n) is 1.89. The average molecular weight is 350 g/mol. The molecule has 124 valence electrons. The Balaban J connectivity index is 2.25. The molecule has 8 heteroatoms. The maximum Gasteiger partial charge on any atom is 0.351 e. The van der Waals surface area contributed by atoms with Crippen LogP contribution in [0.15, 0.2) is 48.5 Å². The summed E-state index contributed by atoms with van der Waals surface area (Å²) in [7, 11) is 1.15. The maximum absolute atomic E-state index is 12.2. The van der Waals surface area contributed by atoms with Gasteiger partial charge in [-0.1, -0.05) is 11.6 Å². The zero-order valence-corrected chi connectivity index (χ0v) is 13.2. The molecule has 1 atom stereocenters. The van der Waals surface area contributed by atoms with Crippen molar-refractivity contribution in [1.82, 2.24) is 0 Å². The van der Waals surface area contributed by atoms with Crippen molar-refractivity contribution in [3.8, 4) is 0 Å². The number of hydrogen-bond donors (Lipinski definition) is 0. The van der Waals surface area contributed by atoms with Crippen LogP contribution < -0.4 is 0 Å². The van der Waals surface area contributed by atoms with E-state index in [1.165, 1.54) is 48.5 Å².